The van der Waals surface area contributed by atoms with Crippen LogP contribution in [-0.4, -0.2) is 26.9 Å². The summed E-state index contributed by atoms with van der Waals surface area (Å²) >= 11 is 0. The quantitative estimate of drug-likeness (QED) is 0.375. The van der Waals surface area contributed by atoms with Crippen molar-refractivity contribution in [1.82, 2.24) is 14.5 Å². The average Bonchev–Trinajstić information content (AvgIpc) is 3.21. The number of imidazole rings is 1. The van der Waals surface area contributed by atoms with Crippen LogP contribution in [0.3, 0.4) is 0 Å². The Morgan fingerprint density at radius 1 is 1.03 bits per heavy atom. The average molecular weight is 421 g/mol. The normalized spacial score (nSPS) is 10.6. The second-order valence-corrected chi connectivity index (χ2v) is 7.56. The van der Waals surface area contributed by atoms with Crippen LogP contribution in [0, 0.1) is 11.3 Å². The topological polar surface area (TPSA) is 61.9 Å². The lowest BCUT2D eigenvalue weighted by Gasteiger charge is -2.21. The molecule has 5 nitrogen and oxygen atoms in total. The maximum Gasteiger partial charge on any atom is 0.223 e. The van der Waals surface area contributed by atoms with Crippen molar-refractivity contribution in [2.45, 2.75) is 19.4 Å². The number of aromatic nitrogens is 2. The summed E-state index contributed by atoms with van der Waals surface area (Å²) in [7, 11) is 0. The van der Waals surface area contributed by atoms with E-state index in [1.54, 1.807) is 23.1 Å². The van der Waals surface area contributed by atoms with Crippen molar-refractivity contribution in [3.05, 3.63) is 108 Å². The van der Waals surface area contributed by atoms with Gasteiger partial charge in [-0.1, -0.05) is 48.5 Å². The first-order valence-corrected chi connectivity index (χ1v) is 10.6. The van der Waals surface area contributed by atoms with Gasteiger partial charge in [0.25, 0.3) is 0 Å². The van der Waals surface area contributed by atoms with Crippen LogP contribution < -0.4 is 0 Å². The van der Waals surface area contributed by atoms with E-state index in [9.17, 15) is 4.79 Å². The number of para-hydroxylation sites is 3. The molecule has 3 aromatic carbocycles. The highest BCUT2D eigenvalue weighted by Gasteiger charge is 2.17. The Bertz CT molecular complexity index is 1270. The summed E-state index contributed by atoms with van der Waals surface area (Å²) in [5, 5.41) is 8.98. The Morgan fingerprint density at radius 3 is 2.47 bits per heavy atom. The number of hydrogen-bond acceptors (Lipinski definition) is 3. The van der Waals surface area contributed by atoms with Crippen LogP contribution in [0.25, 0.3) is 16.7 Å². The zero-order valence-corrected chi connectivity index (χ0v) is 17.8. The van der Waals surface area contributed by atoms with Crippen molar-refractivity contribution in [3.8, 4) is 11.8 Å². The molecule has 0 atom stereocenters. The van der Waals surface area contributed by atoms with Gasteiger partial charge in [0.15, 0.2) is 0 Å². The molecule has 5 heteroatoms. The van der Waals surface area contributed by atoms with E-state index in [0.717, 1.165) is 28.1 Å². The van der Waals surface area contributed by atoms with Gasteiger partial charge >= 0.3 is 0 Å². The van der Waals surface area contributed by atoms with Crippen molar-refractivity contribution in [2.24, 2.45) is 0 Å². The fraction of sp³-hybridized carbons (Fsp3) is 0.148. The summed E-state index contributed by atoms with van der Waals surface area (Å²) in [5.41, 5.74) is 4.57. The minimum absolute atomic E-state index is 0.0425. The van der Waals surface area contributed by atoms with Crippen molar-refractivity contribution in [3.63, 3.8) is 0 Å². The number of nitriles is 1. The Kier molecular flexibility index (Phi) is 6.43. The molecular formula is C27H24N4O. The van der Waals surface area contributed by atoms with Gasteiger partial charge in [-0.05, 0) is 42.0 Å². The Hall–Kier alpha value is -4.17. The van der Waals surface area contributed by atoms with Gasteiger partial charge in [0.05, 0.1) is 22.7 Å². The van der Waals surface area contributed by atoms with Crippen molar-refractivity contribution in [1.29, 1.82) is 5.26 Å². The number of nitrogens with zero attached hydrogens (tertiary/aromatic N) is 4. The molecule has 1 amide bonds. The fourth-order valence-electron chi connectivity index (χ4n) is 3.80. The molecule has 158 valence electrons. The van der Waals surface area contributed by atoms with E-state index in [-0.39, 0.29) is 5.91 Å². The first-order chi connectivity index (χ1) is 15.7. The minimum Gasteiger partial charge on any atom is -0.335 e. The summed E-state index contributed by atoms with van der Waals surface area (Å²) in [6.07, 6.45) is 2.62. The third-order valence-electron chi connectivity index (χ3n) is 5.37. The highest BCUT2D eigenvalue weighted by Crippen LogP contribution is 2.22. The molecule has 0 aliphatic rings. The first kappa shape index (κ1) is 21.1. The third kappa shape index (κ3) is 4.60. The molecule has 0 N–H and O–H groups in total. The van der Waals surface area contributed by atoms with Crippen LogP contribution in [0.15, 0.2) is 91.5 Å². The summed E-state index contributed by atoms with van der Waals surface area (Å²) in [6.45, 7) is 4.74. The second kappa shape index (κ2) is 9.76. The standard InChI is InChI=1S/C27H24N4O/c1-2-18-30(20-22-14-12-21(19-28)13-15-22)27(32)17-16-26-29-24-10-6-7-11-25(24)31(26)23-8-4-3-5-9-23/h2-15H,1,16-18,20H2. The van der Waals surface area contributed by atoms with E-state index in [2.05, 4.69) is 23.3 Å². The van der Waals surface area contributed by atoms with E-state index in [1.807, 2.05) is 60.7 Å². The lowest BCUT2D eigenvalue weighted by atomic mass is 10.1. The molecule has 0 bridgehead atoms. The highest BCUT2D eigenvalue weighted by atomic mass is 16.2. The smallest absolute Gasteiger partial charge is 0.223 e. The van der Waals surface area contributed by atoms with Gasteiger partial charge in [-0.2, -0.15) is 5.26 Å². The maximum absolute atomic E-state index is 13.1. The van der Waals surface area contributed by atoms with Crippen molar-refractivity contribution in [2.75, 3.05) is 6.54 Å². The van der Waals surface area contributed by atoms with Crippen LogP contribution in [-0.2, 0) is 17.8 Å². The second-order valence-electron chi connectivity index (χ2n) is 7.56. The predicted octanol–water partition coefficient (Wildman–Crippen LogP) is 5.04. The van der Waals surface area contributed by atoms with Crippen molar-refractivity contribution < 1.29 is 4.79 Å². The molecule has 1 heterocycles. The van der Waals surface area contributed by atoms with Crippen LogP contribution in [0.4, 0.5) is 0 Å². The van der Waals surface area contributed by atoms with Gasteiger partial charge in [0.1, 0.15) is 5.82 Å². The molecule has 4 aromatic rings. The predicted molar refractivity (Wildman–Crippen MR) is 126 cm³/mol. The number of fused-ring (bicyclic) bond motifs is 1. The fourth-order valence-corrected chi connectivity index (χ4v) is 3.80. The molecule has 0 fully saturated rings. The molecule has 0 aliphatic carbocycles. The minimum atomic E-state index is 0.0425. The first-order valence-electron chi connectivity index (χ1n) is 10.6. The summed E-state index contributed by atoms with van der Waals surface area (Å²) in [6, 6.07) is 27.5. The number of amides is 1. The molecule has 0 unspecified atom stereocenters. The third-order valence-corrected chi connectivity index (χ3v) is 5.37. The summed E-state index contributed by atoms with van der Waals surface area (Å²) < 4.78 is 2.13. The Morgan fingerprint density at radius 2 is 1.75 bits per heavy atom. The number of carbonyl (C=O) groups excluding carboxylic acids is 1. The van der Waals surface area contributed by atoms with Crippen LogP contribution >= 0.6 is 0 Å². The molecule has 32 heavy (non-hydrogen) atoms. The van der Waals surface area contributed by atoms with E-state index in [4.69, 9.17) is 10.2 Å². The number of rotatable bonds is 8. The molecule has 1 aromatic heterocycles. The molecule has 0 radical (unpaired) electrons. The van der Waals surface area contributed by atoms with Crippen LogP contribution in [0.1, 0.15) is 23.4 Å². The molecule has 0 aliphatic heterocycles. The Balaban J connectivity index is 1.54. The zero-order valence-electron chi connectivity index (χ0n) is 17.8. The largest absolute Gasteiger partial charge is 0.335 e. The molecular weight excluding hydrogens is 396 g/mol. The van der Waals surface area contributed by atoms with Crippen molar-refractivity contribution >= 4 is 16.9 Å². The van der Waals surface area contributed by atoms with Crippen LogP contribution in [0.5, 0.6) is 0 Å². The van der Waals surface area contributed by atoms with E-state index < -0.39 is 0 Å². The van der Waals surface area contributed by atoms with E-state index in [1.165, 1.54) is 0 Å². The number of hydrogen-bond donors (Lipinski definition) is 0. The van der Waals surface area contributed by atoms with Gasteiger partial charge in [-0.25, -0.2) is 4.98 Å². The maximum atomic E-state index is 13.1. The zero-order chi connectivity index (χ0) is 22.3. The number of carbonyl (C=O) groups is 1. The lowest BCUT2D eigenvalue weighted by molar-refractivity contribution is -0.131. The lowest BCUT2D eigenvalue weighted by Crippen LogP contribution is -2.31. The molecule has 0 saturated heterocycles. The summed E-state index contributed by atoms with van der Waals surface area (Å²) in [4.78, 5) is 19.7. The van der Waals surface area contributed by atoms with Gasteiger partial charge < -0.3 is 4.90 Å². The van der Waals surface area contributed by atoms with E-state index >= 15 is 0 Å². The SMILES string of the molecule is C=CCN(Cc1ccc(C#N)cc1)C(=O)CCc1nc2ccccc2n1-c1ccccc1. The Labute approximate surface area is 187 Å². The van der Waals surface area contributed by atoms with Gasteiger partial charge in [0, 0.05) is 31.6 Å². The monoisotopic (exact) mass is 420 g/mol. The summed E-state index contributed by atoms with van der Waals surface area (Å²) in [5.74, 6) is 0.906. The molecule has 4 rings (SSSR count). The highest BCUT2D eigenvalue weighted by molar-refractivity contribution is 5.79. The number of benzene rings is 3. The molecule has 0 spiro atoms. The molecule has 0 saturated carbocycles. The number of aryl methyl sites for hydroxylation is 1. The van der Waals surface area contributed by atoms with Gasteiger partial charge in [0.2, 0.25) is 5.91 Å². The van der Waals surface area contributed by atoms with Gasteiger partial charge in [-0.3, -0.25) is 9.36 Å². The van der Waals surface area contributed by atoms with E-state index in [0.29, 0.717) is 31.5 Å². The van der Waals surface area contributed by atoms with Crippen LogP contribution in [0.2, 0.25) is 0 Å². The van der Waals surface area contributed by atoms with Gasteiger partial charge in [-0.15, -0.1) is 6.58 Å².